The van der Waals surface area contributed by atoms with Crippen molar-refractivity contribution in [3.05, 3.63) is 136 Å². The van der Waals surface area contributed by atoms with Crippen LogP contribution in [0.25, 0.3) is 10.9 Å². The van der Waals surface area contributed by atoms with E-state index in [4.69, 9.17) is 4.74 Å². The maximum absolute atomic E-state index is 13.2. The van der Waals surface area contributed by atoms with E-state index in [1.807, 2.05) is 54.6 Å². The van der Waals surface area contributed by atoms with E-state index in [1.54, 1.807) is 25.4 Å². The Kier molecular flexibility index (Phi) is 8.15. The first-order valence-electron chi connectivity index (χ1n) is 13.1. The van der Waals surface area contributed by atoms with Crippen molar-refractivity contribution >= 4 is 22.5 Å². The number of aromatic nitrogens is 2. The lowest BCUT2D eigenvalue weighted by Crippen LogP contribution is -2.27. The van der Waals surface area contributed by atoms with Gasteiger partial charge in [0.2, 0.25) is 5.91 Å². The van der Waals surface area contributed by atoms with Crippen LogP contribution in [0.4, 0.5) is 5.69 Å². The van der Waals surface area contributed by atoms with Crippen LogP contribution in [0, 0.1) is 10.1 Å². The summed E-state index contributed by atoms with van der Waals surface area (Å²) in [7, 11) is 1.65. The number of methoxy groups -OCH3 is 1. The smallest absolute Gasteiger partial charge is 0.269 e. The quantitative estimate of drug-likeness (QED) is 0.168. The number of nitrogens with zero attached hydrogens (tertiary/aromatic N) is 3. The Morgan fingerprint density at radius 3 is 2.45 bits per heavy atom. The molecule has 0 aliphatic heterocycles. The Labute approximate surface area is 232 Å². The molecule has 0 saturated carbocycles. The zero-order valence-electron chi connectivity index (χ0n) is 22.2. The summed E-state index contributed by atoms with van der Waals surface area (Å²) >= 11 is 0. The summed E-state index contributed by atoms with van der Waals surface area (Å²) in [6, 6.07) is 28.3. The minimum atomic E-state index is -0.413. The van der Waals surface area contributed by atoms with Gasteiger partial charge in [0.15, 0.2) is 0 Å². The summed E-state index contributed by atoms with van der Waals surface area (Å²) in [5, 5.41) is 15.4. The highest BCUT2D eigenvalue weighted by Crippen LogP contribution is 2.36. The molecule has 8 nitrogen and oxygen atoms in total. The summed E-state index contributed by atoms with van der Waals surface area (Å²) in [6.07, 6.45) is 4.68. The molecular formula is C32H30N4O4. The van der Waals surface area contributed by atoms with Gasteiger partial charge in [-0.2, -0.15) is 0 Å². The van der Waals surface area contributed by atoms with Gasteiger partial charge in [-0.15, -0.1) is 0 Å². The molecule has 1 amide bonds. The number of nitrogens with one attached hydrogen (secondary N) is 1. The minimum absolute atomic E-state index is 0.0178. The van der Waals surface area contributed by atoms with Crippen molar-refractivity contribution in [3.8, 4) is 5.75 Å². The zero-order chi connectivity index (χ0) is 27.9. The van der Waals surface area contributed by atoms with Crippen molar-refractivity contribution in [3.63, 3.8) is 0 Å². The molecule has 202 valence electrons. The molecule has 3 aromatic carbocycles. The van der Waals surface area contributed by atoms with Crippen LogP contribution in [0.5, 0.6) is 5.75 Å². The molecule has 2 aromatic heterocycles. The fraction of sp³-hybridized carbons (Fsp3) is 0.188. The van der Waals surface area contributed by atoms with Gasteiger partial charge in [0.1, 0.15) is 5.75 Å². The Morgan fingerprint density at radius 1 is 1.00 bits per heavy atom. The molecule has 0 aliphatic carbocycles. The average molecular weight is 535 g/mol. The lowest BCUT2D eigenvalue weighted by atomic mass is 9.88. The number of para-hydroxylation sites is 1. The standard InChI is InChI=1S/C32H30N4O4/c1-40-27-15-9-23(10-16-27)21-35-22-30(28-7-2-3-8-31(28)35)29(24-11-13-26(14-12-24)36(38)39)20-32(37)34-19-17-25-6-4-5-18-33-25/h2-16,18,22,29H,17,19-21H2,1H3,(H,34,37)/t29-/m0/s1. The van der Waals surface area contributed by atoms with Crippen LogP contribution < -0.4 is 10.1 Å². The average Bonchev–Trinajstić information content (AvgIpc) is 3.35. The lowest BCUT2D eigenvalue weighted by molar-refractivity contribution is -0.384. The third-order valence-electron chi connectivity index (χ3n) is 7.03. The summed E-state index contributed by atoms with van der Waals surface area (Å²) < 4.78 is 7.48. The van der Waals surface area contributed by atoms with E-state index >= 15 is 0 Å². The van der Waals surface area contributed by atoms with E-state index in [1.165, 1.54) is 12.1 Å². The van der Waals surface area contributed by atoms with E-state index in [2.05, 4.69) is 33.2 Å². The first-order chi connectivity index (χ1) is 19.5. The Morgan fingerprint density at radius 2 is 1.75 bits per heavy atom. The van der Waals surface area contributed by atoms with E-state index in [-0.39, 0.29) is 23.9 Å². The number of non-ortho nitro benzene ring substituents is 1. The second-order valence-corrected chi connectivity index (χ2v) is 9.60. The number of ether oxygens (including phenoxy) is 1. The number of fused-ring (bicyclic) bond motifs is 1. The number of hydrogen-bond acceptors (Lipinski definition) is 5. The largest absolute Gasteiger partial charge is 0.497 e. The maximum Gasteiger partial charge on any atom is 0.269 e. The van der Waals surface area contributed by atoms with Gasteiger partial charge >= 0.3 is 0 Å². The predicted octanol–water partition coefficient (Wildman–Crippen LogP) is 5.88. The second-order valence-electron chi connectivity index (χ2n) is 9.60. The molecule has 40 heavy (non-hydrogen) atoms. The number of nitro benzene ring substituents is 1. The Bertz CT molecular complexity index is 1600. The SMILES string of the molecule is COc1ccc(Cn2cc([C@@H](CC(=O)NCCc3ccccn3)c3ccc([N+](=O)[O-])cc3)c3ccccc32)cc1. The Hall–Kier alpha value is -4.98. The van der Waals surface area contributed by atoms with Gasteiger partial charge in [-0.1, -0.05) is 48.5 Å². The molecule has 0 radical (unpaired) electrons. The van der Waals surface area contributed by atoms with Crippen molar-refractivity contribution in [1.29, 1.82) is 0 Å². The van der Waals surface area contributed by atoms with Gasteiger partial charge in [0, 0.05) is 73.0 Å². The second kappa shape index (κ2) is 12.3. The summed E-state index contributed by atoms with van der Waals surface area (Å²) in [4.78, 5) is 28.4. The van der Waals surface area contributed by atoms with Crippen LogP contribution in [0.1, 0.15) is 34.7 Å². The molecule has 8 heteroatoms. The van der Waals surface area contributed by atoms with Crippen LogP contribution in [0.15, 0.2) is 103 Å². The number of carbonyl (C=O) groups excluding carboxylic acids is 1. The first-order valence-corrected chi connectivity index (χ1v) is 13.1. The van der Waals surface area contributed by atoms with Crippen molar-refractivity contribution in [2.45, 2.75) is 25.3 Å². The highest BCUT2D eigenvalue weighted by molar-refractivity contribution is 5.87. The van der Waals surface area contributed by atoms with Crippen LogP contribution in [-0.2, 0) is 17.8 Å². The molecule has 2 heterocycles. The first kappa shape index (κ1) is 26.6. The summed E-state index contributed by atoms with van der Waals surface area (Å²) in [5.74, 6) is 0.415. The number of pyridine rings is 1. The van der Waals surface area contributed by atoms with Gasteiger partial charge in [0.05, 0.1) is 12.0 Å². The molecule has 5 rings (SSSR count). The predicted molar refractivity (Wildman–Crippen MR) is 155 cm³/mol. The van der Waals surface area contributed by atoms with E-state index in [0.29, 0.717) is 19.5 Å². The van der Waals surface area contributed by atoms with Crippen molar-refractivity contribution in [2.75, 3.05) is 13.7 Å². The highest BCUT2D eigenvalue weighted by atomic mass is 16.6. The zero-order valence-corrected chi connectivity index (χ0v) is 22.2. The molecule has 0 saturated heterocycles. The fourth-order valence-electron chi connectivity index (χ4n) is 4.98. The van der Waals surface area contributed by atoms with Crippen LogP contribution in [0.3, 0.4) is 0 Å². The van der Waals surface area contributed by atoms with Crippen LogP contribution >= 0.6 is 0 Å². The summed E-state index contributed by atoms with van der Waals surface area (Å²) in [6.45, 7) is 1.12. The molecule has 0 bridgehead atoms. The molecular weight excluding hydrogens is 504 g/mol. The number of benzene rings is 3. The molecule has 0 fully saturated rings. The number of amides is 1. The highest BCUT2D eigenvalue weighted by Gasteiger charge is 2.23. The summed E-state index contributed by atoms with van der Waals surface area (Å²) in [5.41, 5.74) is 4.94. The van der Waals surface area contributed by atoms with Crippen LogP contribution in [0.2, 0.25) is 0 Å². The van der Waals surface area contributed by atoms with Gasteiger partial charge in [-0.05, 0) is 47.0 Å². The molecule has 1 atom stereocenters. The van der Waals surface area contributed by atoms with Gasteiger partial charge in [-0.25, -0.2) is 0 Å². The molecule has 0 spiro atoms. The van der Waals surface area contributed by atoms with Gasteiger partial charge in [0.25, 0.3) is 5.69 Å². The normalized spacial score (nSPS) is 11.7. The van der Waals surface area contributed by atoms with Crippen LogP contribution in [-0.4, -0.2) is 34.0 Å². The monoisotopic (exact) mass is 534 g/mol. The van der Waals surface area contributed by atoms with Gasteiger partial charge in [-0.3, -0.25) is 19.9 Å². The third-order valence-corrected chi connectivity index (χ3v) is 7.03. The number of carbonyl (C=O) groups is 1. The lowest BCUT2D eigenvalue weighted by Gasteiger charge is -2.17. The Balaban J connectivity index is 1.45. The molecule has 5 aromatic rings. The molecule has 0 unspecified atom stereocenters. The number of rotatable bonds is 11. The minimum Gasteiger partial charge on any atom is -0.497 e. The van der Waals surface area contributed by atoms with Crippen molar-refractivity contribution in [1.82, 2.24) is 14.9 Å². The number of nitro groups is 1. The van der Waals surface area contributed by atoms with Crippen molar-refractivity contribution in [2.24, 2.45) is 0 Å². The maximum atomic E-state index is 13.2. The van der Waals surface area contributed by atoms with Gasteiger partial charge < -0.3 is 14.6 Å². The topological polar surface area (TPSA) is 99.3 Å². The van der Waals surface area contributed by atoms with E-state index in [0.717, 1.165) is 39.0 Å². The van der Waals surface area contributed by atoms with E-state index in [9.17, 15) is 14.9 Å². The fourth-order valence-corrected chi connectivity index (χ4v) is 4.98. The third kappa shape index (κ3) is 6.18. The molecule has 0 aliphatic rings. The molecule has 1 N–H and O–H groups in total. The van der Waals surface area contributed by atoms with E-state index < -0.39 is 4.92 Å². The number of hydrogen-bond donors (Lipinski definition) is 1. The van der Waals surface area contributed by atoms with Crippen molar-refractivity contribution < 1.29 is 14.5 Å².